The van der Waals surface area contributed by atoms with Crippen LogP contribution in [0.4, 0.5) is 0 Å². The molecule has 0 aliphatic rings. The lowest BCUT2D eigenvalue weighted by molar-refractivity contribution is -0.0000146. The first-order valence-corrected chi connectivity index (χ1v) is 13.1. The maximum Gasteiger partial charge on any atom is 0.221 e. The molecule has 0 spiro atoms. The third-order valence-electron chi connectivity index (χ3n) is 5.83. The van der Waals surface area contributed by atoms with Crippen LogP contribution in [0.15, 0.2) is 136 Å². The van der Waals surface area contributed by atoms with Crippen molar-refractivity contribution < 1.29 is 30.6 Å². The summed E-state index contributed by atoms with van der Waals surface area (Å²) >= 11 is 0. The van der Waals surface area contributed by atoms with Gasteiger partial charge in [-0.1, -0.05) is 54.6 Å². The van der Waals surface area contributed by atoms with E-state index in [2.05, 4.69) is 91.0 Å². The van der Waals surface area contributed by atoms with Crippen molar-refractivity contribution in [1.29, 1.82) is 0 Å². The maximum absolute atomic E-state index is 12.3. The van der Waals surface area contributed by atoms with Gasteiger partial charge in [0.25, 0.3) is 0 Å². The molecule has 3 aromatic carbocycles. The van der Waals surface area contributed by atoms with Crippen LogP contribution in [0.1, 0.15) is 22.1 Å². The van der Waals surface area contributed by atoms with Gasteiger partial charge in [0.05, 0.1) is 6.26 Å². The van der Waals surface area contributed by atoms with Crippen molar-refractivity contribution in [2.24, 2.45) is 0 Å². The predicted molar refractivity (Wildman–Crippen MR) is 140 cm³/mol. The van der Waals surface area contributed by atoms with E-state index in [1.54, 1.807) is 18.2 Å². The quantitative estimate of drug-likeness (QED) is 0.172. The molecule has 0 amide bonds. The Kier molecular flexibility index (Phi) is 7.97. The van der Waals surface area contributed by atoms with Gasteiger partial charge in [0.15, 0.2) is 5.76 Å². The van der Waals surface area contributed by atoms with Crippen LogP contribution in [0, 0.1) is 0 Å². The van der Waals surface area contributed by atoms with Gasteiger partial charge in [-0.2, -0.15) is 0 Å². The van der Waals surface area contributed by atoms with Gasteiger partial charge in [-0.25, -0.2) is 0 Å². The topological polar surface area (TPSA) is 43.4 Å². The number of hydrogen-bond acceptors (Lipinski definition) is 3. The zero-order valence-corrected chi connectivity index (χ0v) is 21.4. The van der Waals surface area contributed by atoms with Crippen LogP contribution in [-0.4, -0.2) is 5.78 Å². The molecule has 0 saturated carbocycles. The number of rotatable bonds is 8. The summed E-state index contributed by atoms with van der Waals surface area (Å²) in [5.74, 6) is 1.64. The Balaban J connectivity index is 0.00000289. The number of hydrogen-bond donors (Lipinski definition) is 0. The second kappa shape index (κ2) is 11.3. The highest BCUT2D eigenvalue weighted by molar-refractivity contribution is 7.95. The first-order valence-electron chi connectivity index (χ1n) is 11.2. The van der Waals surface area contributed by atoms with Crippen molar-refractivity contribution >= 4 is 35.0 Å². The molecule has 0 saturated heterocycles. The van der Waals surface area contributed by atoms with Crippen molar-refractivity contribution in [3.05, 3.63) is 145 Å². The lowest BCUT2D eigenvalue weighted by Gasteiger charge is -2.26. The Labute approximate surface area is 216 Å². The van der Waals surface area contributed by atoms with E-state index in [1.807, 2.05) is 12.1 Å². The third-order valence-corrected chi connectivity index (χ3v) is 10.2. The predicted octanol–water partition coefficient (Wildman–Crippen LogP) is 3.27. The van der Waals surface area contributed by atoms with Gasteiger partial charge in [0, 0.05) is 0 Å². The molecule has 5 heteroatoms. The fourth-order valence-electron chi connectivity index (χ4n) is 4.23. The minimum atomic E-state index is -2.04. The summed E-state index contributed by atoms with van der Waals surface area (Å²) in [7, 11) is -2.04. The first kappa shape index (κ1) is 24.7. The summed E-state index contributed by atoms with van der Waals surface area (Å²) in [6.45, 7) is 0. The number of halogens is 1. The van der Waals surface area contributed by atoms with Crippen LogP contribution in [-0.2, 0) is 6.16 Å². The molecule has 0 atom stereocenters. The lowest BCUT2D eigenvalue weighted by Crippen LogP contribution is -3.00. The lowest BCUT2D eigenvalue weighted by atomic mass is 10.2. The Morgan fingerprint density at radius 2 is 1.23 bits per heavy atom. The van der Waals surface area contributed by atoms with Gasteiger partial charge in [-0.3, -0.25) is 4.79 Å². The van der Waals surface area contributed by atoms with Gasteiger partial charge in [0.2, 0.25) is 5.78 Å². The van der Waals surface area contributed by atoms with E-state index in [0.29, 0.717) is 11.5 Å². The second-order valence-corrected chi connectivity index (χ2v) is 11.4. The Morgan fingerprint density at radius 3 is 1.71 bits per heavy atom. The van der Waals surface area contributed by atoms with E-state index in [4.69, 9.17) is 8.83 Å². The smallest absolute Gasteiger partial charge is 0.221 e. The second-order valence-electron chi connectivity index (χ2n) is 7.95. The van der Waals surface area contributed by atoms with E-state index >= 15 is 0 Å². The molecule has 0 aliphatic heterocycles. The van der Waals surface area contributed by atoms with Gasteiger partial charge >= 0.3 is 0 Å². The number of furan rings is 2. The van der Waals surface area contributed by atoms with Crippen LogP contribution in [0.25, 0.3) is 6.08 Å². The van der Waals surface area contributed by atoms with E-state index in [0.717, 1.165) is 11.9 Å². The fourth-order valence-corrected chi connectivity index (χ4v) is 8.35. The normalized spacial score (nSPS) is 11.3. The Bertz CT molecular complexity index is 1280. The van der Waals surface area contributed by atoms with E-state index in [1.165, 1.54) is 28.3 Å². The van der Waals surface area contributed by atoms with Gasteiger partial charge < -0.3 is 25.8 Å². The van der Waals surface area contributed by atoms with E-state index in [9.17, 15) is 4.79 Å². The average Bonchev–Trinajstić information content (AvgIpc) is 3.60. The molecule has 2 aromatic heterocycles. The highest BCUT2D eigenvalue weighted by Gasteiger charge is 2.46. The molecular weight excluding hydrogens is 519 g/mol. The zero-order valence-electron chi connectivity index (χ0n) is 19.0. The third kappa shape index (κ3) is 5.30. The SMILES string of the molecule is O=C(C=Cc1ccc(C[P+](c2ccccc2)(c2ccccc2)c2ccccc2)o1)c1ccco1.[Br-]. The summed E-state index contributed by atoms with van der Waals surface area (Å²) in [5, 5.41) is 3.90. The van der Waals surface area contributed by atoms with Crippen molar-refractivity contribution in [3.63, 3.8) is 0 Å². The summed E-state index contributed by atoms with van der Waals surface area (Å²) in [6, 6.07) is 39.4. The molecule has 35 heavy (non-hydrogen) atoms. The van der Waals surface area contributed by atoms with E-state index < -0.39 is 7.26 Å². The molecule has 3 nitrogen and oxygen atoms in total. The van der Waals surface area contributed by atoms with Gasteiger partial charge in [0.1, 0.15) is 40.9 Å². The van der Waals surface area contributed by atoms with Crippen LogP contribution >= 0.6 is 7.26 Å². The largest absolute Gasteiger partial charge is 1.00 e. The molecule has 5 rings (SSSR count). The summed E-state index contributed by atoms with van der Waals surface area (Å²) in [4.78, 5) is 12.3. The first-order chi connectivity index (χ1) is 16.8. The molecule has 2 heterocycles. The Morgan fingerprint density at radius 1 is 0.686 bits per heavy atom. The van der Waals surface area contributed by atoms with Crippen LogP contribution in [0.2, 0.25) is 0 Å². The Hall–Kier alpha value is -3.46. The number of ketones is 1. The van der Waals surface area contributed by atoms with Gasteiger partial charge in [-0.05, 0) is 72.8 Å². The fraction of sp³-hybridized carbons (Fsp3) is 0.0333. The minimum absolute atomic E-state index is 0. The summed E-state index contributed by atoms with van der Waals surface area (Å²) in [6.07, 6.45) is 5.41. The number of carbonyl (C=O) groups excluding carboxylic acids is 1. The summed E-state index contributed by atoms with van der Waals surface area (Å²) < 4.78 is 11.4. The van der Waals surface area contributed by atoms with Crippen molar-refractivity contribution in [2.75, 3.05) is 0 Å². The van der Waals surface area contributed by atoms with Gasteiger partial charge in [-0.15, -0.1) is 0 Å². The number of benzene rings is 3. The molecule has 0 radical (unpaired) electrons. The van der Waals surface area contributed by atoms with Crippen LogP contribution in [0.5, 0.6) is 0 Å². The molecule has 0 bridgehead atoms. The molecule has 5 aromatic rings. The van der Waals surface area contributed by atoms with E-state index in [-0.39, 0.29) is 22.8 Å². The van der Waals surface area contributed by atoms with Crippen LogP contribution < -0.4 is 32.9 Å². The highest BCUT2D eigenvalue weighted by atomic mass is 79.9. The van der Waals surface area contributed by atoms with Crippen molar-refractivity contribution in [3.8, 4) is 0 Å². The molecule has 0 aliphatic carbocycles. The highest BCUT2D eigenvalue weighted by Crippen LogP contribution is 2.58. The van der Waals surface area contributed by atoms with Crippen molar-refractivity contribution in [2.45, 2.75) is 6.16 Å². The molecule has 0 fully saturated rings. The minimum Gasteiger partial charge on any atom is -1.00 e. The zero-order chi connectivity index (χ0) is 23.2. The maximum atomic E-state index is 12.3. The molecular formula is C30H24BrO3P. The standard InChI is InChI=1S/C30H24O3P.BrH/c31-29(30-17-10-22-32-30)21-20-24-18-19-25(33-24)23-34(26-11-4-1-5-12-26,27-13-6-2-7-14-27)28-15-8-3-9-16-28;/h1-22H,23H2;1H/q+1;/p-1. The number of allylic oxidation sites excluding steroid dienone is 1. The average molecular weight is 543 g/mol. The number of carbonyl (C=O) groups is 1. The summed E-state index contributed by atoms with van der Waals surface area (Å²) in [5.41, 5.74) is 0. The molecule has 0 N–H and O–H groups in total. The molecule has 174 valence electrons. The van der Waals surface area contributed by atoms with Crippen molar-refractivity contribution in [1.82, 2.24) is 0 Å². The monoisotopic (exact) mass is 542 g/mol. The molecule has 0 unspecified atom stereocenters. The van der Waals surface area contributed by atoms with Crippen LogP contribution in [0.3, 0.4) is 0 Å².